The number of aryl methyl sites for hydroxylation is 1. The van der Waals surface area contributed by atoms with Gasteiger partial charge in [-0.15, -0.1) is 0 Å². The lowest BCUT2D eigenvalue weighted by Gasteiger charge is -2.18. The zero-order valence-corrected chi connectivity index (χ0v) is 17.1. The van der Waals surface area contributed by atoms with Crippen LogP contribution >= 0.6 is 0 Å². The molecular weight excluding hydrogens is 402 g/mol. The van der Waals surface area contributed by atoms with Gasteiger partial charge in [-0.25, -0.2) is 16.8 Å². The van der Waals surface area contributed by atoms with Gasteiger partial charge in [-0.2, -0.15) is 0 Å². The summed E-state index contributed by atoms with van der Waals surface area (Å²) in [7, 11) is -7.24. The van der Waals surface area contributed by atoms with E-state index in [1.807, 2.05) is 0 Å². The van der Waals surface area contributed by atoms with Crippen molar-refractivity contribution in [1.82, 2.24) is 0 Å². The number of carbonyl (C=O) groups excluding carboxylic acids is 1. The molecule has 1 aliphatic heterocycles. The summed E-state index contributed by atoms with van der Waals surface area (Å²) in [6.07, 6.45) is 0.540. The van der Waals surface area contributed by atoms with Crippen LogP contribution in [0.4, 0.5) is 17.1 Å². The number of rotatable bonds is 5. The maximum atomic E-state index is 12.8. The largest absolute Gasteiger partial charge is 0.326 e. The lowest BCUT2D eigenvalue weighted by molar-refractivity contribution is -0.114. The molecule has 28 heavy (non-hydrogen) atoms. The van der Waals surface area contributed by atoms with Crippen LogP contribution in [0.15, 0.2) is 47.4 Å². The van der Waals surface area contributed by atoms with Gasteiger partial charge in [0.15, 0.2) is 0 Å². The summed E-state index contributed by atoms with van der Waals surface area (Å²) in [4.78, 5) is 11.2. The molecule has 0 spiro atoms. The molecule has 8 nitrogen and oxygen atoms in total. The van der Waals surface area contributed by atoms with Crippen LogP contribution < -0.4 is 14.3 Å². The van der Waals surface area contributed by atoms with Crippen LogP contribution in [0.3, 0.4) is 0 Å². The second kappa shape index (κ2) is 7.44. The Balaban J connectivity index is 1.87. The van der Waals surface area contributed by atoms with Crippen molar-refractivity contribution in [2.45, 2.75) is 25.2 Å². The Kier molecular flexibility index (Phi) is 5.35. The molecule has 0 radical (unpaired) electrons. The lowest BCUT2D eigenvalue weighted by Crippen LogP contribution is -2.25. The maximum Gasteiger partial charge on any atom is 0.262 e. The molecule has 1 saturated heterocycles. The predicted octanol–water partition coefficient (Wildman–Crippen LogP) is 2.29. The van der Waals surface area contributed by atoms with Crippen LogP contribution in [0.25, 0.3) is 0 Å². The monoisotopic (exact) mass is 423 g/mol. The summed E-state index contributed by atoms with van der Waals surface area (Å²) in [6.45, 7) is 3.38. The number of hydrogen-bond donors (Lipinski definition) is 2. The molecule has 1 amide bonds. The van der Waals surface area contributed by atoms with Gasteiger partial charge in [-0.3, -0.25) is 13.8 Å². The molecule has 0 atom stereocenters. The summed E-state index contributed by atoms with van der Waals surface area (Å²) in [5, 5.41) is 2.60. The van der Waals surface area contributed by atoms with E-state index in [4.69, 9.17) is 0 Å². The van der Waals surface area contributed by atoms with E-state index in [2.05, 4.69) is 10.0 Å². The third-order valence-corrected chi connectivity index (χ3v) is 7.68. The Labute approximate surface area is 164 Å². The van der Waals surface area contributed by atoms with E-state index in [9.17, 15) is 21.6 Å². The Hall–Kier alpha value is -2.59. The van der Waals surface area contributed by atoms with Crippen LogP contribution in [0, 0.1) is 6.92 Å². The van der Waals surface area contributed by atoms with Gasteiger partial charge in [0, 0.05) is 19.2 Å². The van der Waals surface area contributed by atoms with Crippen molar-refractivity contribution in [2.24, 2.45) is 0 Å². The summed E-state index contributed by atoms with van der Waals surface area (Å²) in [5.74, 6) is -0.162. The molecule has 2 aromatic rings. The summed E-state index contributed by atoms with van der Waals surface area (Å²) < 4.78 is 53.5. The quantitative estimate of drug-likeness (QED) is 0.766. The number of hydrogen-bond acceptors (Lipinski definition) is 5. The number of carbonyl (C=O) groups is 1. The molecule has 0 unspecified atom stereocenters. The molecule has 2 N–H and O–H groups in total. The van der Waals surface area contributed by atoms with Crippen molar-refractivity contribution >= 4 is 43.0 Å². The third-order valence-electron chi connectivity index (χ3n) is 4.27. The van der Waals surface area contributed by atoms with E-state index in [-0.39, 0.29) is 22.2 Å². The number of nitrogens with one attached hydrogen (secondary N) is 2. The molecule has 2 aromatic carbocycles. The minimum atomic E-state index is -3.89. The molecule has 0 aliphatic carbocycles. The highest BCUT2D eigenvalue weighted by atomic mass is 32.2. The molecule has 3 rings (SSSR count). The van der Waals surface area contributed by atoms with Crippen LogP contribution in [0.1, 0.15) is 18.9 Å². The van der Waals surface area contributed by atoms with Gasteiger partial charge >= 0.3 is 0 Å². The lowest BCUT2D eigenvalue weighted by atomic mass is 10.2. The molecule has 0 saturated carbocycles. The average Bonchev–Trinajstić information content (AvgIpc) is 2.93. The van der Waals surface area contributed by atoms with Gasteiger partial charge in [0.1, 0.15) is 0 Å². The minimum Gasteiger partial charge on any atom is -0.326 e. The van der Waals surface area contributed by atoms with Crippen molar-refractivity contribution in [3.63, 3.8) is 0 Å². The first kappa shape index (κ1) is 20.2. The highest BCUT2D eigenvalue weighted by Crippen LogP contribution is 2.28. The molecule has 1 aliphatic rings. The Morgan fingerprint density at radius 2 is 1.86 bits per heavy atom. The van der Waals surface area contributed by atoms with Gasteiger partial charge < -0.3 is 5.32 Å². The SMILES string of the molecule is CC(=O)Nc1ccc(S(=O)(=O)Nc2cccc(N3CCCS3(=O)=O)c2)c(C)c1. The molecular formula is C18H21N3O5S2. The molecule has 0 aromatic heterocycles. The number of anilines is 3. The van der Waals surface area contributed by atoms with Crippen molar-refractivity contribution < 1.29 is 21.6 Å². The van der Waals surface area contributed by atoms with Gasteiger partial charge in [-0.1, -0.05) is 6.07 Å². The smallest absolute Gasteiger partial charge is 0.262 e. The van der Waals surface area contributed by atoms with Gasteiger partial charge in [0.25, 0.3) is 10.0 Å². The fourth-order valence-electron chi connectivity index (χ4n) is 3.10. The second-order valence-electron chi connectivity index (χ2n) is 6.56. The van der Waals surface area contributed by atoms with Gasteiger partial charge in [0.05, 0.1) is 22.0 Å². The van der Waals surface area contributed by atoms with Crippen LogP contribution in [-0.2, 0) is 24.8 Å². The zero-order chi connectivity index (χ0) is 20.5. The standard InChI is InChI=1S/C18H21N3O5S2/c1-13-11-15(19-14(2)22)7-8-18(13)28(25,26)20-16-5-3-6-17(12-16)21-9-4-10-27(21,23)24/h3,5-8,11-12,20H,4,9-10H2,1-2H3,(H,19,22). The molecule has 10 heteroatoms. The number of nitrogens with zero attached hydrogens (tertiary/aromatic N) is 1. The number of benzene rings is 2. The summed E-state index contributed by atoms with van der Waals surface area (Å²) in [6, 6.07) is 10.8. The van der Waals surface area contributed by atoms with Crippen molar-refractivity contribution in [3.05, 3.63) is 48.0 Å². The topological polar surface area (TPSA) is 113 Å². The van der Waals surface area contributed by atoms with Gasteiger partial charge in [0.2, 0.25) is 15.9 Å². The summed E-state index contributed by atoms with van der Waals surface area (Å²) >= 11 is 0. The fraction of sp³-hybridized carbons (Fsp3) is 0.278. The first-order valence-electron chi connectivity index (χ1n) is 8.60. The normalized spacial score (nSPS) is 16.0. The average molecular weight is 424 g/mol. The molecule has 1 heterocycles. The predicted molar refractivity (Wildman–Crippen MR) is 108 cm³/mol. The van der Waals surface area contributed by atoms with E-state index in [0.29, 0.717) is 29.9 Å². The van der Waals surface area contributed by atoms with E-state index in [0.717, 1.165) is 0 Å². The van der Waals surface area contributed by atoms with Crippen molar-refractivity contribution in [1.29, 1.82) is 0 Å². The van der Waals surface area contributed by atoms with E-state index < -0.39 is 20.0 Å². The van der Waals surface area contributed by atoms with Crippen LogP contribution in [-0.4, -0.2) is 35.0 Å². The maximum absolute atomic E-state index is 12.8. The first-order valence-corrected chi connectivity index (χ1v) is 11.7. The first-order chi connectivity index (χ1) is 13.1. The highest BCUT2D eigenvalue weighted by molar-refractivity contribution is 7.93. The van der Waals surface area contributed by atoms with E-state index in [1.54, 1.807) is 31.2 Å². The molecule has 1 fully saturated rings. The summed E-state index contributed by atoms with van der Waals surface area (Å²) in [5.41, 5.74) is 1.67. The third kappa shape index (κ3) is 4.28. The Morgan fingerprint density at radius 3 is 2.46 bits per heavy atom. The van der Waals surface area contributed by atoms with Crippen molar-refractivity contribution in [3.8, 4) is 0 Å². The minimum absolute atomic E-state index is 0.0702. The van der Waals surface area contributed by atoms with Crippen LogP contribution in [0.2, 0.25) is 0 Å². The number of sulfonamides is 2. The second-order valence-corrected chi connectivity index (χ2v) is 10.2. The van der Waals surface area contributed by atoms with E-state index >= 15 is 0 Å². The highest BCUT2D eigenvalue weighted by Gasteiger charge is 2.28. The molecule has 0 bridgehead atoms. The Morgan fingerprint density at radius 1 is 1.11 bits per heavy atom. The van der Waals surface area contributed by atoms with E-state index in [1.165, 1.54) is 29.4 Å². The fourth-order valence-corrected chi connectivity index (χ4v) is 5.93. The van der Waals surface area contributed by atoms with Crippen LogP contribution in [0.5, 0.6) is 0 Å². The zero-order valence-electron chi connectivity index (χ0n) is 15.5. The van der Waals surface area contributed by atoms with Gasteiger partial charge in [-0.05, 0) is 55.3 Å². The number of amides is 1. The Bertz CT molecular complexity index is 1130. The van der Waals surface area contributed by atoms with Crippen molar-refractivity contribution in [2.75, 3.05) is 26.6 Å². The molecule has 150 valence electrons.